The summed E-state index contributed by atoms with van der Waals surface area (Å²) >= 11 is 0. The summed E-state index contributed by atoms with van der Waals surface area (Å²) in [5.74, 6) is 0.352. The number of benzene rings is 3. The molecule has 4 rings (SSSR count). The van der Waals surface area contributed by atoms with E-state index in [1.54, 1.807) is 6.07 Å². The molecule has 1 fully saturated rings. The van der Waals surface area contributed by atoms with Crippen molar-refractivity contribution >= 4 is 5.91 Å². The Labute approximate surface area is 197 Å². The Kier molecular flexibility index (Phi) is 7.14. The number of carbonyl (C=O) groups excluding carboxylic acids is 1. The quantitative estimate of drug-likeness (QED) is 0.532. The van der Waals surface area contributed by atoms with Crippen LogP contribution in [0.4, 0.5) is 0 Å². The van der Waals surface area contributed by atoms with Crippen LogP contribution in [0, 0.1) is 0 Å². The SMILES string of the molecule is CCN(CC)C(=O)c1ccc(C2(c3cccc(O)c3)CCCNC2Cc2ccccc2)cc1. The fourth-order valence-electron chi connectivity index (χ4n) is 5.33. The number of aromatic hydroxyl groups is 1. The van der Waals surface area contributed by atoms with Crippen molar-refractivity contribution in [2.24, 2.45) is 0 Å². The van der Waals surface area contributed by atoms with Crippen molar-refractivity contribution in [3.63, 3.8) is 0 Å². The van der Waals surface area contributed by atoms with Crippen LogP contribution >= 0.6 is 0 Å². The molecular weight excluding hydrogens is 408 g/mol. The minimum Gasteiger partial charge on any atom is -0.508 e. The first-order valence-corrected chi connectivity index (χ1v) is 12.0. The van der Waals surface area contributed by atoms with Crippen molar-refractivity contribution in [1.29, 1.82) is 0 Å². The first-order valence-electron chi connectivity index (χ1n) is 12.0. The zero-order chi connectivity index (χ0) is 23.3. The monoisotopic (exact) mass is 442 g/mol. The van der Waals surface area contributed by atoms with E-state index in [1.807, 2.05) is 49.1 Å². The molecule has 3 aromatic rings. The van der Waals surface area contributed by atoms with Crippen LogP contribution in [0.3, 0.4) is 0 Å². The lowest BCUT2D eigenvalue weighted by Crippen LogP contribution is -2.54. The molecule has 4 heteroatoms. The van der Waals surface area contributed by atoms with E-state index < -0.39 is 0 Å². The van der Waals surface area contributed by atoms with Crippen LogP contribution in [0.25, 0.3) is 0 Å². The smallest absolute Gasteiger partial charge is 0.253 e. The van der Waals surface area contributed by atoms with Gasteiger partial charge in [0.2, 0.25) is 0 Å². The third-order valence-corrected chi connectivity index (χ3v) is 7.08. The molecule has 0 radical (unpaired) electrons. The molecule has 4 nitrogen and oxygen atoms in total. The topological polar surface area (TPSA) is 52.6 Å². The highest BCUT2D eigenvalue weighted by atomic mass is 16.3. The summed E-state index contributed by atoms with van der Waals surface area (Å²) in [4.78, 5) is 14.7. The second-order valence-electron chi connectivity index (χ2n) is 8.88. The minimum absolute atomic E-state index is 0.0700. The normalized spacial score (nSPS) is 20.4. The molecule has 0 aromatic heterocycles. The Morgan fingerprint density at radius 3 is 2.36 bits per heavy atom. The Bertz CT molecular complexity index is 1060. The summed E-state index contributed by atoms with van der Waals surface area (Å²) in [5, 5.41) is 14.1. The predicted molar refractivity (Wildman–Crippen MR) is 134 cm³/mol. The number of nitrogens with one attached hydrogen (secondary N) is 1. The highest BCUT2D eigenvalue weighted by Gasteiger charge is 2.43. The molecule has 33 heavy (non-hydrogen) atoms. The van der Waals surface area contributed by atoms with Crippen LogP contribution in [0.15, 0.2) is 78.9 Å². The number of rotatable bonds is 7. The second-order valence-corrected chi connectivity index (χ2v) is 8.88. The number of hydrogen-bond acceptors (Lipinski definition) is 3. The summed E-state index contributed by atoms with van der Waals surface area (Å²) < 4.78 is 0. The molecule has 1 saturated heterocycles. The average molecular weight is 443 g/mol. The maximum atomic E-state index is 12.9. The molecule has 1 aliphatic heterocycles. The zero-order valence-electron chi connectivity index (χ0n) is 19.6. The van der Waals surface area contributed by atoms with Gasteiger partial charge in [0.15, 0.2) is 0 Å². The van der Waals surface area contributed by atoms with Crippen molar-refractivity contribution in [1.82, 2.24) is 10.2 Å². The van der Waals surface area contributed by atoms with Crippen LogP contribution in [0.5, 0.6) is 5.75 Å². The van der Waals surface area contributed by atoms with Crippen LogP contribution in [0.2, 0.25) is 0 Å². The number of amides is 1. The lowest BCUT2D eigenvalue weighted by atomic mass is 9.63. The number of phenolic OH excluding ortho intramolecular Hbond substituents is 1. The Balaban J connectivity index is 1.78. The fraction of sp³-hybridized carbons (Fsp3) is 0.345. The summed E-state index contributed by atoms with van der Waals surface area (Å²) in [6, 6.07) is 26.6. The number of piperidine rings is 1. The predicted octanol–water partition coefficient (Wildman–Crippen LogP) is 5.16. The van der Waals surface area contributed by atoms with E-state index in [1.165, 1.54) is 11.1 Å². The third kappa shape index (κ3) is 4.67. The van der Waals surface area contributed by atoms with Gasteiger partial charge in [0.05, 0.1) is 0 Å². The average Bonchev–Trinajstić information content (AvgIpc) is 2.86. The number of carbonyl (C=O) groups is 1. The second kappa shape index (κ2) is 10.2. The highest BCUT2D eigenvalue weighted by Crippen LogP contribution is 2.44. The van der Waals surface area contributed by atoms with Gasteiger partial charge in [-0.25, -0.2) is 0 Å². The minimum atomic E-state index is -0.302. The van der Waals surface area contributed by atoms with E-state index in [0.29, 0.717) is 13.1 Å². The van der Waals surface area contributed by atoms with E-state index in [-0.39, 0.29) is 23.1 Å². The molecule has 1 amide bonds. The molecule has 172 valence electrons. The van der Waals surface area contributed by atoms with E-state index >= 15 is 0 Å². The maximum absolute atomic E-state index is 12.9. The molecule has 2 N–H and O–H groups in total. The van der Waals surface area contributed by atoms with E-state index in [4.69, 9.17) is 0 Å². The highest BCUT2D eigenvalue weighted by molar-refractivity contribution is 5.94. The van der Waals surface area contributed by atoms with Crippen molar-refractivity contribution in [3.8, 4) is 5.75 Å². The van der Waals surface area contributed by atoms with Gasteiger partial charge in [-0.05, 0) is 80.6 Å². The molecule has 0 spiro atoms. The molecule has 3 aromatic carbocycles. The molecule has 0 aliphatic carbocycles. The summed E-state index contributed by atoms with van der Waals surface area (Å²) in [7, 11) is 0. The van der Waals surface area contributed by atoms with Gasteiger partial charge in [-0.3, -0.25) is 4.79 Å². The van der Waals surface area contributed by atoms with Crippen molar-refractivity contribution in [3.05, 3.63) is 101 Å². The van der Waals surface area contributed by atoms with Gasteiger partial charge < -0.3 is 15.3 Å². The van der Waals surface area contributed by atoms with Crippen LogP contribution in [0.1, 0.15) is 53.7 Å². The van der Waals surface area contributed by atoms with Crippen LogP contribution < -0.4 is 5.32 Å². The molecule has 2 unspecified atom stereocenters. The summed E-state index contributed by atoms with van der Waals surface area (Å²) in [6.45, 7) is 6.39. The summed E-state index contributed by atoms with van der Waals surface area (Å²) in [5.41, 5.74) is 3.99. The Hall–Kier alpha value is -3.11. The van der Waals surface area contributed by atoms with Gasteiger partial charge in [0.25, 0.3) is 5.91 Å². The number of hydrogen-bond donors (Lipinski definition) is 2. The van der Waals surface area contributed by atoms with Crippen molar-refractivity contribution in [2.75, 3.05) is 19.6 Å². The van der Waals surface area contributed by atoms with Gasteiger partial charge in [0.1, 0.15) is 5.75 Å². The summed E-state index contributed by atoms with van der Waals surface area (Å²) in [6.07, 6.45) is 2.90. The van der Waals surface area contributed by atoms with Crippen LogP contribution in [-0.4, -0.2) is 41.6 Å². The number of nitrogens with zero attached hydrogens (tertiary/aromatic N) is 1. The standard InChI is InChI=1S/C29H34N2O2/c1-3-31(4-2)28(33)23-14-16-24(17-15-23)29(25-12-8-13-26(32)21-25)18-9-19-30-27(29)20-22-10-6-5-7-11-22/h5-8,10-17,21,27,30,32H,3-4,9,18-20H2,1-2H3. The molecule has 1 aliphatic rings. The molecule has 0 saturated carbocycles. The number of phenols is 1. The Morgan fingerprint density at radius 2 is 1.70 bits per heavy atom. The van der Waals surface area contributed by atoms with Crippen molar-refractivity contribution < 1.29 is 9.90 Å². The molecule has 0 bridgehead atoms. The van der Waals surface area contributed by atoms with Gasteiger partial charge in [-0.2, -0.15) is 0 Å². The first kappa shape index (κ1) is 23.1. The third-order valence-electron chi connectivity index (χ3n) is 7.08. The van der Waals surface area contributed by atoms with Gasteiger partial charge in [-0.15, -0.1) is 0 Å². The molecule has 1 heterocycles. The lowest BCUT2D eigenvalue weighted by Gasteiger charge is -2.46. The zero-order valence-corrected chi connectivity index (χ0v) is 19.6. The van der Waals surface area contributed by atoms with Crippen LogP contribution in [-0.2, 0) is 11.8 Å². The Morgan fingerprint density at radius 1 is 0.970 bits per heavy atom. The van der Waals surface area contributed by atoms with E-state index in [2.05, 4.69) is 47.8 Å². The maximum Gasteiger partial charge on any atom is 0.253 e. The van der Waals surface area contributed by atoms with E-state index in [9.17, 15) is 9.90 Å². The lowest BCUT2D eigenvalue weighted by molar-refractivity contribution is 0.0773. The van der Waals surface area contributed by atoms with Gasteiger partial charge in [-0.1, -0.05) is 54.6 Å². The van der Waals surface area contributed by atoms with Crippen molar-refractivity contribution in [2.45, 2.75) is 44.6 Å². The van der Waals surface area contributed by atoms with Gasteiger partial charge >= 0.3 is 0 Å². The van der Waals surface area contributed by atoms with Gasteiger partial charge in [0, 0.05) is 30.1 Å². The van der Waals surface area contributed by atoms with E-state index in [0.717, 1.165) is 36.9 Å². The first-order chi connectivity index (χ1) is 16.1. The largest absolute Gasteiger partial charge is 0.508 e. The fourth-order valence-corrected chi connectivity index (χ4v) is 5.33. The molecule has 2 atom stereocenters. The molecular formula is C29H34N2O2.